The number of hydrogen-bond acceptors (Lipinski definition) is 3. The second-order valence-electron chi connectivity index (χ2n) is 3.85. The maximum atomic E-state index is 12.1. The fourth-order valence-electron chi connectivity index (χ4n) is 1.65. The van der Waals surface area contributed by atoms with Crippen molar-refractivity contribution in [3.05, 3.63) is 44.8 Å². The number of rotatable bonds is 6. The van der Waals surface area contributed by atoms with Crippen molar-refractivity contribution in [2.75, 3.05) is 5.33 Å². The van der Waals surface area contributed by atoms with Crippen LogP contribution >= 0.6 is 38.6 Å². The Hall–Kier alpha value is -0.650. The molecule has 5 heteroatoms. The molecule has 0 bridgehead atoms. The van der Waals surface area contributed by atoms with Gasteiger partial charge in [0, 0.05) is 21.5 Å². The number of alkyl halides is 1. The summed E-state index contributed by atoms with van der Waals surface area (Å²) in [6.07, 6.45) is 0.552. The van der Waals surface area contributed by atoms with Gasteiger partial charge in [0.2, 0.25) is 5.91 Å². The summed E-state index contributed by atoms with van der Waals surface area (Å²) in [7, 11) is 0. The van der Waals surface area contributed by atoms with Crippen molar-refractivity contribution in [1.29, 1.82) is 0 Å². The summed E-state index contributed by atoms with van der Waals surface area (Å²) in [5, 5.41) is 4.82. The van der Waals surface area contributed by atoms with Crippen LogP contribution in [0.5, 0.6) is 0 Å². The maximum absolute atomic E-state index is 12.1. The second kappa shape index (κ2) is 7.07. The molecule has 0 saturated carbocycles. The van der Waals surface area contributed by atoms with E-state index in [2.05, 4.69) is 28.1 Å². The van der Waals surface area contributed by atoms with Gasteiger partial charge in [-0.2, -0.15) is 0 Å². The minimum absolute atomic E-state index is 0.202. The minimum atomic E-state index is 0.202. The first kappa shape index (κ1) is 13.8. The molecule has 0 aliphatic heterocycles. The molecule has 1 amide bonds. The van der Waals surface area contributed by atoms with E-state index in [1.54, 1.807) is 22.7 Å². The molecule has 2 nitrogen and oxygen atoms in total. The van der Waals surface area contributed by atoms with Gasteiger partial charge in [-0.05, 0) is 22.9 Å². The second-order valence-corrected chi connectivity index (χ2v) is 6.70. The highest BCUT2D eigenvalue weighted by Crippen LogP contribution is 2.18. The predicted octanol–water partition coefficient (Wildman–Crippen LogP) is 4.12. The highest BCUT2D eigenvalue weighted by Gasteiger charge is 2.14. The Balaban J connectivity index is 2.04. The first-order chi connectivity index (χ1) is 8.79. The lowest BCUT2D eigenvalue weighted by atomic mass is 10.3. The van der Waals surface area contributed by atoms with Crippen molar-refractivity contribution in [2.24, 2.45) is 0 Å². The average Bonchev–Trinajstić information content (AvgIpc) is 3.01. The van der Waals surface area contributed by atoms with E-state index in [1.807, 2.05) is 27.8 Å². The van der Waals surface area contributed by atoms with E-state index in [9.17, 15) is 4.79 Å². The van der Waals surface area contributed by atoms with Gasteiger partial charge < -0.3 is 4.90 Å². The van der Waals surface area contributed by atoms with Crippen LogP contribution in [0.15, 0.2) is 35.0 Å². The Morgan fingerprint density at radius 2 is 1.67 bits per heavy atom. The number of hydrogen-bond donors (Lipinski definition) is 0. The zero-order valence-corrected chi connectivity index (χ0v) is 13.1. The topological polar surface area (TPSA) is 20.3 Å². The Labute approximate surface area is 123 Å². The molecule has 0 atom stereocenters. The van der Waals surface area contributed by atoms with Crippen molar-refractivity contribution in [3.8, 4) is 0 Å². The number of nitrogens with zero attached hydrogens (tertiary/aromatic N) is 1. The summed E-state index contributed by atoms with van der Waals surface area (Å²) >= 11 is 6.73. The molecule has 0 aromatic carbocycles. The Bertz CT molecular complexity index is 431. The highest BCUT2D eigenvalue weighted by molar-refractivity contribution is 9.09. The quantitative estimate of drug-likeness (QED) is 0.722. The van der Waals surface area contributed by atoms with Gasteiger partial charge in [0.15, 0.2) is 0 Å². The predicted molar refractivity (Wildman–Crippen MR) is 81.3 cm³/mol. The smallest absolute Gasteiger partial charge is 0.224 e. The lowest BCUT2D eigenvalue weighted by Gasteiger charge is -2.21. The highest BCUT2D eigenvalue weighted by atomic mass is 79.9. The van der Waals surface area contributed by atoms with Gasteiger partial charge in [0.25, 0.3) is 0 Å². The molecule has 0 saturated heterocycles. The molecule has 2 heterocycles. The van der Waals surface area contributed by atoms with Crippen LogP contribution in [0.4, 0.5) is 0 Å². The fourth-order valence-corrected chi connectivity index (χ4v) is 3.43. The van der Waals surface area contributed by atoms with E-state index in [1.165, 1.54) is 9.75 Å². The van der Waals surface area contributed by atoms with Crippen molar-refractivity contribution < 1.29 is 4.79 Å². The third-order valence-electron chi connectivity index (χ3n) is 2.51. The maximum Gasteiger partial charge on any atom is 0.224 e. The lowest BCUT2D eigenvalue weighted by molar-refractivity contribution is -0.131. The summed E-state index contributed by atoms with van der Waals surface area (Å²) in [4.78, 5) is 16.5. The zero-order valence-electron chi connectivity index (χ0n) is 9.84. The summed E-state index contributed by atoms with van der Waals surface area (Å²) < 4.78 is 0. The molecule has 0 radical (unpaired) electrons. The third kappa shape index (κ3) is 3.93. The number of halogens is 1. The molecule has 2 rings (SSSR count). The SMILES string of the molecule is O=C(CCBr)N(Cc1cccs1)Cc1cccs1. The zero-order chi connectivity index (χ0) is 12.8. The minimum Gasteiger partial charge on any atom is -0.332 e. The van der Waals surface area contributed by atoms with Gasteiger partial charge >= 0.3 is 0 Å². The number of carbonyl (C=O) groups is 1. The van der Waals surface area contributed by atoms with Crippen LogP contribution in [-0.2, 0) is 17.9 Å². The van der Waals surface area contributed by atoms with Crippen LogP contribution in [0.1, 0.15) is 16.2 Å². The molecule has 0 aliphatic rings. The molecule has 2 aromatic heterocycles. The number of thiophene rings is 2. The van der Waals surface area contributed by atoms with E-state index in [0.717, 1.165) is 5.33 Å². The molecule has 0 unspecified atom stereocenters. The van der Waals surface area contributed by atoms with Gasteiger partial charge in [-0.1, -0.05) is 28.1 Å². The third-order valence-corrected chi connectivity index (χ3v) is 4.63. The van der Waals surface area contributed by atoms with E-state index in [0.29, 0.717) is 19.5 Å². The molecule has 0 fully saturated rings. The first-order valence-corrected chi connectivity index (χ1v) is 8.56. The monoisotopic (exact) mass is 343 g/mol. The molecular formula is C13H14BrNOS2. The van der Waals surface area contributed by atoms with E-state index in [-0.39, 0.29) is 5.91 Å². The lowest BCUT2D eigenvalue weighted by Crippen LogP contribution is -2.29. The Morgan fingerprint density at radius 1 is 1.11 bits per heavy atom. The van der Waals surface area contributed by atoms with E-state index >= 15 is 0 Å². The van der Waals surface area contributed by atoms with Crippen molar-refractivity contribution in [3.63, 3.8) is 0 Å². The molecule has 2 aromatic rings. The number of amides is 1. The van der Waals surface area contributed by atoms with Gasteiger partial charge in [0.1, 0.15) is 0 Å². The van der Waals surface area contributed by atoms with Crippen LogP contribution in [0.25, 0.3) is 0 Å². The largest absolute Gasteiger partial charge is 0.332 e. The Kier molecular flexibility index (Phi) is 5.41. The summed E-state index contributed by atoms with van der Waals surface area (Å²) in [5.74, 6) is 0.202. The molecule has 0 spiro atoms. The van der Waals surface area contributed by atoms with Gasteiger partial charge in [-0.3, -0.25) is 4.79 Å². The van der Waals surface area contributed by atoms with Crippen LogP contribution in [0, 0.1) is 0 Å². The molecule has 0 aliphatic carbocycles. The molecule has 18 heavy (non-hydrogen) atoms. The average molecular weight is 344 g/mol. The van der Waals surface area contributed by atoms with Crippen LogP contribution < -0.4 is 0 Å². The fraction of sp³-hybridized carbons (Fsp3) is 0.308. The molecular weight excluding hydrogens is 330 g/mol. The molecule has 96 valence electrons. The van der Waals surface area contributed by atoms with Crippen molar-refractivity contribution in [1.82, 2.24) is 4.90 Å². The molecule has 0 N–H and O–H groups in total. The summed E-state index contributed by atoms with van der Waals surface area (Å²) in [5.41, 5.74) is 0. The van der Waals surface area contributed by atoms with E-state index in [4.69, 9.17) is 0 Å². The van der Waals surface area contributed by atoms with Gasteiger partial charge in [-0.25, -0.2) is 0 Å². The standard InChI is InChI=1S/C13H14BrNOS2/c14-6-5-13(16)15(9-11-3-1-7-17-11)10-12-4-2-8-18-12/h1-4,7-8H,5-6,9-10H2. The van der Waals surface area contributed by atoms with Gasteiger partial charge in [0.05, 0.1) is 13.1 Å². The van der Waals surface area contributed by atoms with Gasteiger partial charge in [-0.15, -0.1) is 22.7 Å². The number of carbonyl (C=O) groups excluding carboxylic acids is 1. The van der Waals surface area contributed by atoms with E-state index < -0.39 is 0 Å². The Morgan fingerprint density at radius 3 is 2.06 bits per heavy atom. The summed E-state index contributed by atoms with van der Waals surface area (Å²) in [6, 6.07) is 8.21. The van der Waals surface area contributed by atoms with Crippen molar-refractivity contribution >= 4 is 44.5 Å². The van der Waals surface area contributed by atoms with Crippen molar-refractivity contribution in [2.45, 2.75) is 19.5 Å². The van der Waals surface area contributed by atoms with Crippen LogP contribution in [0.2, 0.25) is 0 Å². The first-order valence-electron chi connectivity index (χ1n) is 5.68. The van der Waals surface area contributed by atoms with Crippen LogP contribution in [-0.4, -0.2) is 16.1 Å². The summed E-state index contributed by atoms with van der Waals surface area (Å²) in [6.45, 7) is 1.42. The van der Waals surface area contributed by atoms with Crippen LogP contribution in [0.3, 0.4) is 0 Å². The normalized spacial score (nSPS) is 10.5.